The minimum Gasteiger partial charge on any atom is -0.481 e. The van der Waals surface area contributed by atoms with Crippen LogP contribution < -0.4 is 15.8 Å². The molecule has 4 rings (SSSR count). The molecular formula is C26H30F2N4O2. The van der Waals surface area contributed by atoms with Crippen molar-refractivity contribution in [3.05, 3.63) is 71.4 Å². The molecule has 4 N–H and O–H groups in total. The van der Waals surface area contributed by atoms with Crippen molar-refractivity contribution in [3.63, 3.8) is 0 Å². The van der Waals surface area contributed by atoms with Crippen molar-refractivity contribution in [1.82, 2.24) is 15.3 Å². The molecule has 1 aliphatic carbocycles. The Balaban J connectivity index is 1.31. The second kappa shape index (κ2) is 11.0. The molecule has 1 aromatic carbocycles. The second-order valence-corrected chi connectivity index (χ2v) is 8.73. The Morgan fingerprint density at radius 1 is 1.18 bits per heavy atom. The average molecular weight is 469 g/mol. The molecule has 1 fully saturated rings. The van der Waals surface area contributed by atoms with Crippen LogP contribution >= 0.6 is 0 Å². The van der Waals surface area contributed by atoms with E-state index in [1.165, 1.54) is 6.07 Å². The first kappa shape index (κ1) is 24.2. The quantitative estimate of drug-likeness (QED) is 0.460. The number of ether oxygens (including phenoxy) is 1. The smallest absolute Gasteiger partial charge is 0.213 e. The van der Waals surface area contributed by atoms with E-state index in [0.717, 1.165) is 37.8 Å². The number of methoxy groups -OCH3 is 1. The van der Waals surface area contributed by atoms with E-state index in [2.05, 4.69) is 15.3 Å². The summed E-state index contributed by atoms with van der Waals surface area (Å²) < 4.78 is 32.2. The van der Waals surface area contributed by atoms with Gasteiger partial charge >= 0.3 is 0 Å². The van der Waals surface area contributed by atoms with Crippen molar-refractivity contribution in [1.29, 1.82) is 0 Å². The summed E-state index contributed by atoms with van der Waals surface area (Å²) in [6, 6.07) is 8.63. The van der Waals surface area contributed by atoms with Gasteiger partial charge in [-0.3, -0.25) is 4.98 Å². The van der Waals surface area contributed by atoms with Gasteiger partial charge in [0, 0.05) is 42.0 Å². The Bertz CT molecular complexity index is 1150. The van der Waals surface area contributed by atoms with Crippen molar-refractivity contribution in [2.45, 2.75) is 43.9 Å². The fourth-order valence-electron chi connectivity index (χ4n) is 4.62. The number of benzene rings is 1. The molecule has 34 heavy (non-hydrogen) atoms. The molecule has 0 amide bonds. The molecule has 0 spiro atoms. The molecular weight excluding hydrogens is 438 g/mol. The van der Waals surface area contributed by atoms with E-state index in [9.17, 15) is 13.9 Å². The van der Waals surface area contributed by atoms with Crippen LogP contribution in [0.1, 0.15) is 42.9 Å². The number of hydrogen-bond acceptors (Lipinski definition) is 6. The zero-order valence-electron chi connectivity index (χ0n) is 19.1. The molecule has 0 saturated heterocycles. The highest BCUT2D eigenvalue weighted by molar-refractivity contribution is 5.78. The van der Waals surface area contributed by atoms with Gasteiger partial charge in [-0.25, -0.2) is 13.8 Å². The first-order valence-electron chi connectivity index (χ1n) is 11.5. The number of aliphatic hydroxyl groups excluding tert-OH is 1. The maximum atomic E-state index is 13.7. The Morgan fingerprint density at radius 2 is 1.97 bits per heavy atom. The van der Waals surface area contributed by atoms with Gasteiger partial charge in [-0.2, -0.15) is 0 Å². The van der Waals surface area contributed by atoms with Crippen molar-refractivity contribution in [2.24, 2.45) is 11.7 Å². The van der Waals surface area contributed by atoms with E-state index in [-0.39, 0.29) is 11.5 Å². The predicted molar refractivity (Wildman–Crippen MR) is 128 cm³/mol. The van der Waals surface area contributed by atoms with E-state index in [0.29, 0.717) is 35.1 Å². The standard InChI is InChI=1S/C26H30F2N4O2/c1-34-23-11-10-22-25(32-23)20(12-14-31-22)26(33)24(29)16-4-7-19(8-5-16)30-13-2-3-17-15-18(27)6-9-21(17)28/h2-3,6,9-12,14-16,19,24,26,30,33H,4-5,7-8,13,29H2,1H3/b3-2+/t16?,19?,24-,26-/m1/s1. The number of aliphatic hydroxyl groups is 1. The number of nitrogens with zero attached hydrogens (tertiary/aromatic N) is 2. The number of rotatable bonds is 8. The lowest BCUT2D eigenvalue weighted by Gasteiger charge is -2.34. The highest BCUT2D eigenvalue weighted by Crippen LogP contribution is 2.33. The lowest BCUT2D eigenvalue weighted by Crippen LogP contribution is -2.41. The van der Waals surface area contributed by atoms with Crippen molar-refractivity contribution < 1.29 is 18.6 Å². The van der Waals surface area contributed by atoms with Crippen molar-refractivity contribution in [3.8, 4) is 5.88 Å². The molecule has 2 atom stereocenters. The van der Waals surface area contributed by atoms with Crippen molar-refractivity contribution >= 4 is 17.1 Å². The number of halogens is 2. The number of nitrogens with two attached hydrogens (primary N) is 1. The van der Waals surface area contributed by atoms with Crippen LogP contribution in [0.15, 0.2) is 48.7 Å². The first-order valence-corrected chi connectivity index (χ1v) is 11.5. The van der Waals surface area contributed by atoms with Crippen molar-refractivity contribution in [2.75, 3.05) is 13.7 Å². The number of fused-ring (bicyclic) bond motifs is 1. The Labute approximate surface area is 197 Å². The van der Waals surface area contributed by atoms with Gasteiger partial charge in [0.1, 0.15) is 11.6 Å². The van der Waals surface area contributed by atoms with Crippen LogP contribution in [0.3, 0.4) is 0 Å². The Kier molecular flexibility index (Phi) is 7.82. The summed E-state index contributed by atoms with van der Waals surface area (Å²) in [6.45, 7) is 0.566. The SMILES string of the molecule is COc1ccc2nccc([C@@H](O)[C@H](N)C3CCC(NC/C=C/c4cc(F)ccc4F)CC3)c2n1. The van der Waals surface area contributed by atoms with Crippen LogP contribution in [0.5, 0.6) is 5.88 Å². The topological polar surface area (TPSA) is 93.3 Å². The molecule has 1 saturated carbocycles. The van der Waals surface area contributed by atoms with Gasteiger partial charge in [0.2, 0.25) is 5.88 Å². The average Bonchev–Trinajstić information content (AvgIpc) is 2.87. The second-order valence-electron chi connectivity index (χ2n) is 8.73. The highest BCUT2D eigenvalue weighted by Gasteiger charge is 2.31. The first-order chi connectivity index (χ1) is 16.5. The lowest BCUT2D eigenvalue weighted by atomic mass is 9.79. The number of aromatic nitrogens is 2. The van der Waals surface area contributed by atoms with Gasteiger partial charge in [0.25, 0.3) is 0 Å². The maximum Gasteiger partial charge on any atom is 0.213 e. The Hall–Kier alpha value is -2.94. The fraction of sp³-hybridized carbons (Fsp3) is 0.385. The van der Waals surface area contributed by atoms with Crippen LogP contribution in [-0.4, -0.2) is 40.8 Å². The molecule has 180 valence electrons. The fourth-order valence-corrected chi connectivity index (χ4v) is 4.62. The summed E-state index contributed by atoms with van der Waals surface area (Å²) in [7, 11) is 1.55. The van der Waals surface area contributed by atoms with E-state index < -0.39 is 23.8 Å². The van der Waals surface area contributed by atoms with Gasteiger partial charge in [0.15, 0.2) is 0 Å². The number of hydrogen-bond donors (Lipinski definition) is 3. The van der Waals surface area contributed by atoms with Gasteiger partial charge in [-0.05, 0) is 61.9 Å². The van der Waals surface area contributed by atoms with E-state index in [1.807, 2.05) is 6.07 Å². The minimum atomic E-state index is -0.858. The summed E-state index contributed by atoms with van der Waals surface area (Å²) in [5.74, 6) is -0.260. The molecule has 0 unspecified atom stereocenters. The van der Waals surface area contributed by atoms with E-state index in [4.69, 9.17) is 10.5 Å². The molecule has 0 radical (unpaired) electrons. The summed E-state index contributed by atoms with van der Waals surface area (Å²) in [6.07, 6.45) is 7.82. The van der Waals surface area contributed by atoms with Gasteiger partial charge in [-0.15, -0.1) is 0 Å². The summed E-state index contributed by atoms with van der Waals surface area (Å²) in [5.41, 5.74) is 8.69. The van der Waals surface area contributed by atoms with Gasteiger partial charge < -0.3 is 20.9 Å². The Morgan fingerprint density at radius 3 is 2.74 bits per heavy atom. The third-order valence-electron chi connectivity index (χ3n) is 6.58. The van der Waals surface area contributed by atoms with Gasteiger partial charge in [-0.1, -0.05) is 12.2 Å². The monoisotopic (exact) mass is 468 g/mol. The van der Waals surface area contributed by atoms with Crippen LogP contribution in [0.4, 0.5) is 8.78 Å². The van der Waals surface area contributed by atoms with Crippen LogP contribution in [0, 0.1) is 17.6 Å². The van der Waals surface area contributed by atoms with Gasteiger partial charge in [0.05, 0.1) is 24.2 Å². The molecule has 0 aliphatic heterocycles. The zero-order valence-corrected chi connectivity index (χ0v) is 19.1. The predicted octanol–water partition coefficient (Wildman–Crippen LogP) is 4.14. The van der Waals surface area contributed by atoms with E-state index in [1.54, 1.807) is 37.6 Å². The number of nitrogens with one attached hydrogen (secondary N) is 1. The molecule has 1 aliphatic rings. The third-order valence-corrected chi connectivity index (χ3v) is 6.58. The zero-order chi connectivity index (χ0) is 24.1. The summed E-state index contributed by atoms with van der Waals surface area (Å²) >= 11 is 0. The molecule has 2 heterocycles. The summed E-state index contributed by atoms with van der Waals surface area (Å²) in [4.78, 5) is 8.79. The maximum absolute atomic E-state index is 13.7. The van der Waals surface area contributed by atoms with E-state index >= 15 is 0 Å². The molecule has 2 aromatic heterocycles. The summed E-state index contributed by atoms with van der Waals surface area (Å²) in [5, 5.41) is 14.5. The molecule has 0 bridgehead atoms. The normalized spacial score (nSPS) is 20.5. The van der Waals surface area contributed by atoms with Crippen LogP contribution in [-0.2, 0) is 0 Å². The van der Waals surface area contributed by atoms with Crippen LogP contribution in [0.25, 0.3) is 17.1 Å². The molecule has 3 aromatic rings. The molecule has 6 nitrogen and oxygen atoms in total. The number of pyridine rings is 2. The molecule has 8 heteroatoms. The lowest BCUT2D eigenvalue weighted by molar-refractivity contribution is 0.101. The third kappa shape index (κ3) is 5.58. The highest BCUT2D eigenvalue weighted by atomic mass is 19.1. The minimum absolute atomic E-state index is 0.179. The largest absolute Gasteiger partial charge is 0.481 e. The van der Waals surface area contributed by atoms with Crippen LogP contribution in [0.2, 0.25) is 0 Å².